The molecule has 0 N–H and O–H groups in total. The first-order valence-electron chi connectivity index (χ1n) is 21.9. The third-order valence-electron chi connectivity index (χ3n) is 16.1. The molecule has 4 saturated carbocycles. The predicted molar refractivity (Wildman–Crippen MR) is 232 cm³/mol. The molecule has 4 fully saturated rings. The van der Waals surface area contributed by atoms with E-state index in [0.717, 1.165) is 24.2 Å². The standard InChI is InChI=1S/C25H25.C18H25.C11H14.2ClH.Zr/c1-14-12-24(3,4)22-8-16-7-17-9-23-19(15(2)13-25(23,5)6)11-21(17)20(16)10-18(14)22;1-12-3-13(2)17(4-12)11-18-8-14-5-15(9-18)7-16(6-14)10-18;1-9-5-7-10(8-6-9)11(2,3)4;;;/h8-12H,7H2,1-6H3;4,12,14-16H,5-11H2,1-2H3;1,5-8H,2-4H3;2*1H;/q;;;;;+2/p-2. The molecule has 0 spiro atoms. The Morgan fingerprint density at radius 3 is 1.86 bits per heavy atom. The molecule has 0 radical (unpaired) electrons. The van der Waals surface area contributed by atoms with E-state index in [2.05, 4.69) is 141 Å². The van der Waals surface area contributed by atoms with Gasteiger partial charge in [-0.15, -0.1) is 0 Å². The maximum atomic E-state index is 2.86. The van der Waals surface area contributed by atoms with Crippen LogP contribution in [0.5, 0.6) is 0 Å². The summed E-state index contributed by atoms with van der Waals surface area (Å²) in [5, 5.41) is 0. The van der Waals surface area contributed by atoms with Crippen LogP contribution in [0.2, 0.25) is 0 Å². The van der Waals surface area contributed by atoms with Crippen LogP contribution in [-0.2, 0) is 43.9 Å². The van der Waals surface area contributed by atoms with Gasteiger partial charge >= 0.3 is 343 Å². The normalized spacial score (nSPS) is 28.1. The monoisotopic (exact) mass is 872 g/mol. The molecule has 1 unspecified atom stereocenters. The third kappa shape index (κ3) is 6.56. The van der Waals surface area contributed by atoms with Crippen molar-refractivity contribution < 1.29 is 46.1 Å². The van der Waals surface area contributed by atoms with Crippen molar-refractivity contribution in [2.45, 2.75) is 144 Å². The van der Waals surface area contributed by atoms with Gasteiger partial charge in [0.05, 0.1) is 0 Å². The Morgan fingerprint density at radius 2 is 1.28 bits per heavy atom. The quantitative estimate of drug-likeness (QED) is 0.190. The van der Waals surface area contributed by atoms with Gasteiger partial charge in [0.1, 0.15) is 0 Å². The molecule has 3 aromatic rings. The van der Waals surface area contributed by atoms with E-state index in [4.69, 9.17) is 0 Å². The van der Waals surface area contributed by atoms with Gasteiger partial charge in [0, 0.05) is 0 Å². The number of halogens is 2. The van der Waals surface area contributed by atoms with Crippen molar-refractivity contribution in [1.29, 1.82) is 0 Å². The zero-order valence-corrected chi connectivity index (χ0v) is 40.5. The van der Waals surface area contributed by atoms with Gasteiger partial charge in [0.15, 0.2) is 0 Å². The van der Waals surface area contributed by atoms with Gasteiger partial charge in [-0.3, -0.25) is 0 Å². The summed E-state index contributed by atoms with van der Waals surface area (Å²) in [6.07, 6.45) is 16.7. The molecule has 0 aliphatic heterocycles. The van der Waals surface area contributed by atoms with E-state index in [9.17, 15) is 0 Å². The fourth-order valence-corrected chi connectivity index (χ4v) is 22.9. The topological polar surface area (TPSA) is 0 Å². The molecule has 3 aromatic carbocycles. The van der Waals surface area contributed by atoms with Crippen LogP contribution in [0.4, 0.5) is 0 Å². The summed E-state index contributed by atoms with van der Waals surface area (Å²) < 4.78 is 6.53. The average Bonchev–Trinajstić information content (AvgIpc) is 3.72. The second kappa shape index (κ2) is 14.0. The Bertz CT molecular complexity index is 2330. The van der Waals surface area contributed by atoms with Gasteiger partial charge in [0.2, 0.25) is 0 Å². The van der Waals surface area contributed by atoms with E-state index < -0.39 is 21.3 Å². The van der Waals surface area contributed by atoms with E-state index in [0.29, 0.717) is 11.3 Å². The van der Waals surface area contributed by atoms with Crippen LogP contribution in [-0.4, -0.2) is 3.71 Å². The van der Waals surface area contributed by atoms with Crippen LogP contribution in [0.25, 0.3) is 22.3 Å². The fourth-order valence-electron chi connectivity index (χ4n) is 14.1. The van der Waals surface area contributed by atoms with Crippen LogP contribution in [0.3, 0.4) is 0 Å². The second-order valence-electron chi connectivity index (χ2n) is 22.0. The fraction of sp³-hybridized carbons (Fsp3) is 0.500. The Kier molecular flexibility index (Phi) is 10.2. The molecule has 0 saturated heterocycles. The number of allylic oxidation sites excluding steroid dienone is 8. The predicted octanol–water partition coefficient (Wildman–Crippen LogP) is 8.21. The summed E-state index contributed by atoms with van der Waals surface area (Å²) in [6, 6.07) is 20.1. The van der Waals surface area contributed by atoms with E-state index in [1.165, 1.54) is 101 Å². The van der Waals surface area contributed by atoms with Crippen molar-refractivity contribution in [2.75, 3.05) is 0 Å². The van der Waals surface area contributed by atoms with Crippen LogP contribution >= 0.6 is 0 Å². The van der Waals surface area contributed by atoms with Gasteiger partial charge in [-0.1, -0.05) is 0 Å². The SMILES string of the molecule is CC1=CC(C)(C)c2cc3c(cc21)-c1cc2c(cc1C3)C(C)(C)[C]([Zr+2](=[CH]c1ccc(C(C)(C)C)cc1)[C]1=C(C)C(CC34CC5CC(CC(C5)C3)C4)=CC1C)=C2C.[Cl-].[Cl-]. The Labute approximate surface area is 365 Å². The molecule has 4 bridgehead atoms. The average molecular weight is 875 g/mol. The molecule has 11 rings (SSSR count). The Morgan fingerprint density at radius 1 is 0.719 bits per heavy atom. The summed E-state index contributed by atoms with van der Waals surface area (Å²) in [6.45, 7) is 26.9. The minimum absolute atomic E-state index is 0. The van der Waals surface area contributed by atoms with E-state index in [1.54, 1.807) is 22.3 Å². The molecule has 1 atom stereocenters. The van der Waals surface area contributed by atoms with Crippen LogP contribution < -0.4 is 24.8 Å². The smallest absolute Gasteiger partial charge is 1.00 e. The van der Waals surface area contributed by atoms with Crippen molar-refractivity contribution in [1.82, 2.24) is 0 Å². The molecule has 298 valence electrons. The van der Waals surface area contributed by atoms with Crippen molar-refractivity contribution in [2.24, 2.45) is 29.1 Å². The summed E-state index contributed by atoms with van der Waals surface area (Å²) in [5.41, 5.74) is 22.3. The van der Waals surface area contributed by atoms with Gasteiger partial charge in [-0.25, -0.2) is 0 Å². The number of hydrogen-bond donors (Lipinski definition) is 0. The third-order valence-corrected chi connectivity index (χ3v) is 24.9. The second-order valence-corrected chi connectivity index (χ2v) is 27.3. The number of fused-ring (bicyclic) bond motifs is 5. The van der Waals surface area contributed by atoms with Gasteiger partial charge < -0.3 is 24.8 Å². The molecule has 0 nitrogen and oxygen atoms in total. The van der Waals surface area contributed by atoms with Crippen LogP contribution in [0.15, 0.2) is 78.4 Å². The van der Waals surface area contributed by atoms with Gasteiger partial charge in [0.25, 0.3) is 0 Å². The van der Waals surface area contributed by atoms with Crippen molar-refractivity contribution >= 4 is 14.9 Å². The molecule has 0 heterocycles. The molecule has 8 aliphatic carbocycles. The molecular formula is C54H64Cl2Zr. The number of benzene rings is 3. The van der Waals surface area contributed by atoms with Crippen molar-refractivity contribution in [3.8, 4) is 11.1 Å². The summed E-state index contributed by atoms with van der Waals surface area (Å²) >= 11 is -2.64. The maximum Gasteiger partial charge on any atom is -1.00 e. The minimum Gasteiger partial charge on any atom is -1.00 e. The minimum atomic E-state index is -2.64. The summed E-state index contributed by atoms with van der Waals surface area (Å²) in [7, 11) is 0. The molecule has 0 amide bonds. The van der Waals surface area contributed by atoms with Crippen molar-refractivity contribution in [3.63, 3.8) is 0 Å². The number of hydrogen-bond acceptors (Lipinski definition) is 0. The molecular weight excluding hydrogens is 811 g/mol. The molecule has 3 heteroatoms. The summed E-state index contributed by atoms with van der Waals surface area (Å²) in [5.74, 6) is 3.56. The van der Waals surface area contributed by atoms with Crippen molar-refractivity contribution in [3.05, 3.63) is 123 Å². The molecule has 0 aromatic heterocycles. The molecule has 8 aliphatic rings. The molecule has 57 heavy (non-hydrogen) atoms. The van der Waals surface area contributed by atoms with E-state index >= 15 is 0 Å². The van der Waals surface area contributed by atoms with Gasteiger partial charge in [-0.05, 0) is 0 Å². The first kappa shape index (κ1) is 41.7. The zero-order chi connectivity index (χ0) is 38.6. The first-order chi connectivity index (χ1) is 25.9. The van der Waals surface area contributed by atoms with E-state index in [-0.39, 0.29) is 41.1 Å². The largest absolute Gasteiger partial charge is 1.00 e. The zero-order valence-electron chi connectivity index (χ0n) is 36.6. The van der Waals surface area contributed by atoms with Crippen LogP contribution in [0, 0.1) is 29.1 Å². The first-order valence-corrected chi connectivity index (χ1v) is 25.8. The van der Waals surface area contributed by atoms with E-state index in [1.807, 2.05) is 6.56 Å². The summed E-state index contributed by atoms with van der Waals surface area (Å²) in [4.78, 5) is 0. The maximum absolute atomic E-state index is 2.86. The number of rotatable bonds is 5. The Balaban J connectivity index is 0.00000228. The Hall–Kier alpha value is -2.05. The van der Waals surface area contributed by atoms with Crippen LogP contribution in [0.1, 0.15) is 166 Å². The van der Waals surface area contributed by atoms with Gasteiger partial charge in [-0.2, -0.15) is 0 Å².